The highest BCUT2D eigenvalue weighted by atomic mass is 35.5. The first-order valence-electron chi connectivity index (χ1n) is 10.2. The Labute approximate surface area is 215 Å². The van der Waals surface area contributed by atoms with Crippen LogP contribution in [0.3, 0.4) is 0 Å². The molecule has 3 atom stereocenters. The predicted molar refractivity (Wildman–Crippen MR) is 132 cm³/mol. The molecule has 192 valence electrons. The number of thioether (sulfide) groups is 1. The van der Waals surface area contributed by atoms with E-state index in [-0.39, 0.29) is 27.7 Å². The van der Waals surface area contributed by atoms with Gasteiger partial charge in [0.05, 0.1) is 17.7 Å². The summed E-state index contributed by atoms with van der Waals surface area (Å²) in [4.78, 5) is 47.7. The summed E-state index contributed by atoms with van der Waals surface area (Å²) in [5.41, 5.74) is 6.67. The Morgan fingerprint density at radius 3 is 2.44 bits per heavy atom. The third kappa shape index (κ3) is 6.15. The van der Waals surface area contributed by atoms with E-state index in [1.165, 1.54) is 31.0 Å². The molecule has 7 N–H and O–H groups in total. The molecule has 0 aliphatic carbocycles. The summed E-state index contributed by atoms with van der Waals surface area (Å²) in [6, 6.07) is 13.1. The number of hydrogen-bond acceptors (Lipinski definition) is 8. The molecule has 36 heavy (non-hydrogen) atoms. The molecule has 0 radical (unpaired) electrons. The topological polar surface area (TPSA) is 191 Å². The van der Waals surface area contributed by atoms with Crippen molar-refractivity contribution >= 4 is 47.1 Å². The number of hydrogen-bond donors (Lipinski definition) is 4. The number of carboxylic acids is 1. The molecule has 2 aliphatic heterocycles. The van der Waals surface area contributed by atoms with E-state index in [1.54, 1.807) is 36.4 Å². The zero-order chi connectivity index (χ0) is 25.7. The number of benzene rings is 2. The lowest BCUT2D eigenvalue weighted by atomic mass is 10.0. The molecular weight excluding hydrogens is 514 g/mol. The zero-order valence-electron chi connectivity index (χ0n) is 18.9. The minimum absolute atomic E-state index is 0. The number of nitrogens with one attached hydrogen (secondary N) is 1. The smallest absolute Gasteiger partial charge is 0.353 e. The van der Waals surface area contributed by atoms with E-state index in [2.05, 4.69) is 10.1 Å². The Bertz CT molecular complexity index is 1180. The fourth-order valence-electron chi connectivity index (χ4n) is 3.39. The van der Waals surface area contributed by atoms with Crippen molar-refractivity contribution in [2.24, 2.45) is 5.73 Å². The maximum absolute atomic E-state index is 12.3. The molecule has 2 amide bonds. The number of phenols is 1. The van der Waals surface area contributed by atoms with Gasteiger partial charge in [-0.25, -0.2) is 9.59 Å². The second-order valence-electron chi connectivity index (χ2n) is 7.38. The quantitative estimate of drug-likeness (QED) is 0.318. The molecular formula is C23H24ClN3O8S. The van der Waals surface area contributed by atoms with Gasteiger partial charge in [-0.05, 0) is 23.8 Å². The van der Waals surface area contributed by atoms with Crippen molar-refractivity contribution in [2.75, 3.05) is 12.9 Å². The first-order valence-corrected chi connectivity index (χ1v) is 11.6. The number of nitrogens with two attached hydrogens (primary N) is 1. The lowest BCUT2D eigenvalue weighted by Gasteiger charge is -2.48. The van der Waals surface area contributed by atoms with Crippen LogP contribution in [0.1, 0.15) is 22.0 Å². The fourth-order valence-corrected chi connectivity index (χ4v) is 4.94. The van der Waals surface area contributed by atoms with E-state index < -0.39 is 41.2 Å². The Morgan fingerprint density at radius 1 is 1.19 bits per heavy atom. The van der Waals surface area contributed by atoms with Crippen LogP contribution in [0.25, 0.3) is 0 Å². The first-order chi connectivity index (χ1) is 16.6. The van der Waals surface area contributed by atoms with Gasteiger partial charge in [-0.3, -0.25) is 14.5 Å². The van der Waals surface area contributed by atoms with Gasteiger partial charge in [0.2, 0.25) is 5.91 Å². The Balaban J connectivity index is 0.000000321. The summed E-state index contributed by atoms with van der Waals surface area (Å²) in [6.07, 6.45) is 0. The van der Waals surface area contributed by atoms with E-state index in [0.717, 1.165) is 4.90 Å². The van der Waals surface area contributed by atoms with Crippen molar-refractivity contribution in [1.82, 2.24) is 10.2 Å². The summed E-state index contributed by atoms with van der Waals surface area (Å²) >= 11 is 7.20. The summed E-state index contributed by atoms with van der Waals surface area (Å²) in [5, 5.41) is 20.4. The number of ether oxygens (including phenoxy) is 1. The number of methoxy groups -OCH3 is 1. The van der Waals surface area contributed by atoms with Gasteiger partial charge in [-0.15, -0.1) is 11.8 Å². The number of phenolic OH excluding ortho intramolecular Hbond substituents is 1. The van der Waals surface area contributed by atoms with Crippen LogP contribution >= 0.6 is 23.4 Å². The molecule has 0 spiro atoms. The largest absolute Gasteiger partial charge is 0.508 e. The average molecular weight is 538 g/mol. The Hall–Kier alpha value is -3.58. The number of fused-ring (bicyclic) bond motifs is 1. The number of amides is 2. The maximum atomic E-state index is 12.3. The first kappa shape index (κ1) is 28.7. The molecule has 11 nitrogen and oxygen atoms in total. The van der Waals surface area contributed by atoms with Gasteiger partial charge in [0, 0.05) is 5.75 Å². The zero-order valence-corrected chi connectivity index (χ0v) is 20.5. The molecule has 0 bridgehead atoms. The van der Waals surface area contributed by atoms with Crippen molar-refractivity contribution in [2.45, 2.75) is 17.5 Å². The standard InChI is InChI=1S/C15H14ClN3O4S.C8H8O3.H2O/c16-8-6-24-14-10(13(21)19(14)11(8)15(22)23)18-12(20)9(17)7-4-2-1-3-5-7;1-11-8(10)6-3-2-4-7(9)5-6;/h1-5,9-10,14H,6,17H2,(H,18,20)(H,22,23);2-5,9H,1H3;1H2/t9-,10-,14-;;/m1../s1. The number of rotatable bonds is 5. The van der Waals surface area contributed by atoms with Crippen LogP contribution in [0.4, 0.5) is 0 Å². The molecule has 0 aromatic heterocycles. The summed E-state index contributed by atoms with van der Waals surface area (Å²) in [5.74, 6) is -2.36. The number of carbonyl (C=O) groups is 4. The minimum Gasteiger partial charge on any atom is -0.508 e. The molecule has 1 saturated heterocycles. The van der Waals surface area contributed by atoms with Crippen LogP contribution in [0.5, 0.6) is 5.75 Å². The predicted octanol–water partition coefficient (Wildman–Crippen LogP) is 0.975. The number of aliphatic carboxylic acids is 1. The van der Waals surface area contributed by atoms with Crippen molar-refractivity contribution in [3.05, 3.63) is 76.5 Å². The van der Waals surface area contributed by atoms with E-state index in [0.29, 0.717) is 11.1 Å². The average Bonchev–Trinajstić information content (AvgIpc) is 2.86. The Morgan fingerprint density at radius 2 is 1.86 bits per heavy atom. The highest BCUT2D eigenvalue weighted by Crippen LogP contribution is 2.41. The number of nitrogens with zero attached hydrogens (tertiary/aromatic N) is 1. The minimum atomic E-state index is -1.26. The van der Waals surface area contributed by atoms with Gasteiger partial charge in [0.15, 0.2) is 0 Å². The Kier molecular flexibility index (Phi) is 9.87. The van der Waals surface area contributed by atoms with Crippen molar-refractivity contribution in [3.63, 3.8) is 0 Å². The summed E-state index contributed by atoms with van der Waals surface area (Å²) < 4.78 is 4.44. The van der Waals surface area contributed by atoms with Crippen LogP contribution in [0.2, 0.25) is 0 Å². The number of carboxylic acid groups (broad SMARTS) is 1. The number of carbonyl (C=O) groups excluding carboxylic acids is 3. The van der Waals surface area contributed by atoms with Crippen LogP contribution < -0.4 is 11.1 Å². The van der Waals surface area contributed by atoms with Gasteiger partial charge < -0.3 is 31.5 Å². The molecule has 2 aliphatic rings. The lowest BCUT2D eigenvalue weighted by molar-refractivity contribution is -0.150. The van der Waals surface area contributed by atoms with Crippen LogP contribution in [-0.2, 0) is 19.1 Å². The third-order valence-corrected chi connectivity index (χ3v) is 6.88. The third-order valence-electron chi connectivity index (χ3n) is 5.13. The number of aromatic hydroxyl groups is 1. The summed E-state index contributed by atoms with van der Waals surface area (Å²) in [6.45, 7) is 0. The summed E-state index contributed by atoms with van der Waals surface area (Å²) in [7, 11) is 1.30. The monoisotopic (exact) mass is 537 g/mol. The van der Waals surface area contributed by atoms with Crippen LogP contribution in [0.15, 0.2) is 65.3 Å². The second-order valence-corrected chi connectivity index (χ2v) is 8.95. The number of esters is 1. The van der Waals surface area contributed by atoms with E-state index in [9.17, 15) is 24.3 Å². The maximum Gasteiger partial charge on any atom is 0.353 e. The molecule has 0 unspecified atom stereocenters. The normalized spacial score (nSPS) is 18.9. The molecule has 13 heteroatoms. The molecule has 2 heterocycles. The van der Waals surface area contributed by atoms with Crippen LogP contribution in [-0.4, -0.2) is 68.6 Å². The van der Waals surface area contributed by atoms with Gasteiger partial charge in [-0.2, -0.15) is 0 Å². The van der Waals surface area contributed by atoms with E-state index in [4.69, 9.17) is 22.4 Å². The van der Waals surface area contributed by atoms with E-state index in [1.807, 2.05) is 6.07 Å². The second kappa shape index (κ2) is 12.4. The van der Waals surface area contributed by atoms with Crippen molar-refractivity contribution in [1.29, 1.82) is 0 Å². The van der Waals surface area contributed by atoms with Gasteiger partial charge in [-0.1, -0.05) is 48.0 Å². The van der Waals surface area contributed by atoms with Crippen molar-refractivity contribution in [3.8, 4) is 5.75 Å². The molecule has 2 aromatic rings. The molecule has 2 aromatic carbocycles. The van der Waals surface area contributed by atoms with Crippen molar-refractivity contribution < 1.29 is 39.6 Å². The SMILES string of the molecule is COC(=O)c1cccc(O)c1.N[C@@H](C(=O)N[C@@H]1C(=O)N2C(C(=O)O)=C(Cl)CS[C@H]12)c1ccccc1.O. The molecule has 0 saturated carbocycles. The van der Waals surface area contributed by atoms with E-state index >= 15 is 0 Å². The fraction of sp³-hybridized carbons (Fsp3) is 0.217. The van der Waals surface area contributed by atoms with Gasteiger partial charge in [0.1, 0.15) is 28.9 Å². The molecule has 4 rings (SSSR count). The van der Waals surface area contributed by atoms with Crippen LogP contribution in [0, 0.1) is 0 Å². The lowest BCUT2D eigenvalue weighted by Crippen LogP contribution is -2.70. The van der Waals surface area contributed by atoms with Gasteiger partial charge >= 0.3 is 11.9 Å². The number of β-lactam (4-membered cyclic amide) rings is 1. The highest BCUT2D eigenvalue weighted by Gasteiger charge is 2.54. The number of halogens is 1. The highest BCUT2D eigenvalue weighted by molar-refractivity contribution is 8.00. The van der Waals surface area contributed by atoms with Gasteiger partial charge in [0.25, 0.3) is 5.91 Å². The molecule has 1 fully saturated rings.